The number of halogens is 1. The predicted molar refractivity (Wildman–Crippen MR) is 89.6 cm³/mol. The summed E-state index contributed by atoms with van der Waals surface area (Å²) >= 11 is 0. The molecule has 0 N–H and O–H groups in total. The molecule has 1 aliphatic rings. The highest BCUT2D eigenvalue weighted by atomic mass is 19.1. The van der Waals surface area contributed by atoms with Gasteiger partial charge in [0.25, 0.3) is 0 Å². The molecule has 0 bridgehead atoms. The Kier molecular flexibility index (Phi) is 5.08. The van der Waals surface area contributed by atoms with Crippen molar-refractivity contribution in [3.8, 4) is 0 Å². The fourth-order valence-electron chi connectivity index (χ4n) is 3.24. The second-order valence-corrected chi connectivity index (χ2v) is 6.17. The SMILES string of the molecule is CCn1ccnc1CN1CCN([C@H](C)c2ccc(F)cc2)CC1. The van der Waals surface area contributed by atoms with E-state index in [4.69, 9.17) is 0 Å². The van der Waals surface area contributed by atoms with Crippen molar-refractivity contribution < 1.29 is 4.39 Å². The monoisotopic (exact) mass is 316 g/mol. The minimum Gasteiger partial charge on any atom is -0.334 e. The normalized spacial score (nSPS) is 18.2. The zero-order valence-corrected chi connectivity index (χ0v) is 14.0. The van der Waals surface area contributed by atoms with Gasteiger partial charge in [-0.25, -0.2) is 9.37 Å². The van der Waals surface area contributed by atoms with Crippen LogP contribution in [0.3, 0.4) is 0 Å². The van der Waals surface area contributed by atoms with Crippen molar-refractivity contribution >= 4 is 0 Å². The molecular weight excluding hydrogens is 291 g/mol. The van der Waals surface area contributed by atoms with Crippen LogP contribution in [0.2, 0.25) is 0 Å². The topological polar surface area (TPSA) is 24.3 Å². The summed E-state index contributed by atoms with van der Waals surface area (Å²) in [5.41, 5.74) is 1.18. The predicted octanol–water partition coefficient (Wildman–Crippen LogP) is 2.92. The highest BCUT2D eigenvalue weighted by Gasteiger charge is 2.22. The molecule has 2 aromatic rings. The number of piperazine rings is 1. The Morgan fingerprint density at radius 3 is 2.48 bits per heavy atom. The largest absolute Gasteiger partial charge is 0.334 e. The first-order valence-electron chi connectivity index (χ1n) is 8.39. The summed E-state index contributed by atoms with van der Waals surface area (Å²) in [6.07, 6.45) is 3.92. The van der Waals surface area contributed by atoms with Gasteiger partial charge in [-0.1, -0.05) is 12.1 Å². The lowest BCUT2D eigenvalue weighted by Crippen LogP contribution is -2.46. The molecule has 5 heteroatoms. The Labute approximate surface area is 137 Å². The standard InChI is InChI=1S/C18H25FN4/c1-3-22-9-8-20-18(22)14-21-10-12-23(13-11-21)15(2)16-4-6-17(19)7-5-16/h4-9,15H,3,10-14H2,1-2H3/t15-/m1/s1. The van der Waals surface area contributed by atoms with Crippen molar-refractivity contribution in [2.45, 2.75) is 33.0 Å². The molecule has 0 unspecified atom stereocenters. The maximum atomic E-state index is 13.1. The van der Waals surface area contributed by atoms with Crippen LogP contribution >= 0.6 is 0 Å². The van der Waals surface area contributed by atoms with Gasteiger partial charge in [0.2, 0.25) is 0 Å². The van der Waals surface area contributed by atoms with E-state index in [0.717, 1.165) is 45.1 Å². The van der Waals surface area contributed by atoms with Gasteiger partial charge in [-0.2, -0.15) is 0 Å². The van der Waals surface area contributed by atoms with Crippen molar-refractivity contribution in [3.05, 3.63) is 53.9 Å². The van der Waals surface area contributed by atoms with Crippen LogP contribution in [0.5, 0.6) is 0 Å². The smallest absolute Gasteiger partial charge is 0.123 e. The quantitative estimate of drug-likeness (QED) is 0.848. The van der Waals surface area contributed by atoms with E-state index in [1.54, 1.807) is 12.1 Å². The van der Waals surface area contributed by atoms with Crippen molar-refractivity contribution in [1.82, 2.24) is 19.4 Å². The molecule has 0 saturated carbocycles. The molecule has 2 heterocycles. The molecule has 1 atom stereocenters. The van der Waals surface area contributed by atoms with Gasteiger partial charge in [0.15, 0.2) is 0 Å². The van der Waals surface area contributed by atoms with Crippen molar-refractivity contribution in [3.63, 3.8) is 0 Å². The zero-order chi connectivity index (χ0) is 16.2. The summed E-state index contributed by atoms with van der Waals surface area (Å²) in [5, 5.41) is 0. The molecule has 1 aliphatic heterocycles. The summed E-state index contributed by atoms with van der Waals surface area (Å²) in [6, 6.07) is 7.21. The van der Waals surface area contributed by atoms with Crippen molar-refractivity contribution in [2.24, 2.45) is 0 Å². The fraction of sp³-hybridized carbons (Fsp3) is 0.500. The Morgan fingerprint density at radius 2 is 1.83 bits per heavy atom. The molecule has 0 amide bonds. The van der Waals surface area contributed by atoms with E-state index in [1.807, 2.05) is 24.5 Å². The molecule has 1 aromatic heterocycles. The first-order chi connectivity index (χ1) is 11.2. The molecule has 1 fully saturated rings. The van der Waals surface area contributed by atoms with Gasteiger partial charge in [-0.05, 0) is 31.5 Å². The Bertz CT molecular complexity index is 614. The Balaban J connectivity index is 1.54. The Morgan fingerprint density at radius 1 is 1.13 bits per heavy atom. The van der Waals surface area contributed by atoms with Gasteiger partial charge in [0.05, 0.1) is 6.54 Å². The van der Waals surface area contributed by atoms with Crippen LogP contribution in [0.4, 0.5) is 4.39 Å². The summed E-state index contributed by atoms with van der Waals surface area (Å²) in [4.78, 5) is 9.39. The van der Waals surface area contributed by atoms with Gasteiger partial charge < -0.3 is 4.57 Å². The maximum absolute atomic E-state index is 13.1. The highest BCUT2D eigenvalue weighted by molar-refractivity contribution is 5.19. The lowest BCUT2D eigenvalue weighted by atomic mass is 10.1. The second kappa shape index (κ2) is 7.23. The van der Waals surface area contributed by atoms with E-state index in [9.17, 15) is 4.39 Å². The lowest BCUT2D eigenvalue weighted by molar-refractivity contribution is 0.0954. The molecule has 124 valence electrons. The van der Waals surface area contributed by atoms with Crippen LogP contribution in [0.1, 0.15) is 31.3 Å². The third-order valence-electron chi connectivity index (χ3n) is 4.81. The van der Waals surface area contributed by atoms with Gasteiger partial charge in [-0.15, -0.1) is 0 Å². The molecule has 3 rings (SSSR count). The molecule has 4 nitrogen and oxygen atoms in total. The molecule has 1 aromatic carbocycles. The van der Waals surface area contributed by atoms with Gasteiger partial charge in [0, 0.05) is 51.2 Å². The van der Waals surface area contributed by atoms with E-state index in [2.05, 4.69) is 33.2 Å². The summed E-state index contributed by atoms with van der Waals surface area (Å²) < 4.78 is 15.3. The van der Waals surface area contributed by atoms with Crippen molar-refractivity contribution in [1.29, 1.82) is 0 Å². The number of hydrogen-bond donors (Lipinski definition) is 0. The number of imidazole rings is 1. The van der Waals surface area contributed by atoms with Gasteiger partial charge in [-0.3, -0.25) is 9.80 Å². The summed E-state index contributed by atoms with van der Waals surface area (Å²) in [7, 11) is 0. The fourth-order valence-corrected chi connectivity index (χ4v) is 3.24. The number of rotatable bonds is 5. The van der Waals surface area contributed by atoms with E-state index in [-0.39, 0.29) is 5.82 Å². The summed E-state index contributed by atoms with van der Waals surface area (Å²) in [6.45, 7) is 10.4. The molecule has 0 aliphatic carbocycles. The van der Waals surface area contributed by atoms with Gasteiger partial charge in [0.1, 0.15) is 11.6 Å². The molecule has 1 saturated heterocycles. The minimum absolute atomic E-state index is 0.169. The van der Waals surface area contributed by atoms with Crippen LogP contribution in [0.15, 0.2) is 36.7 Å². The number of hydrogen-bond acceptors (Lipinski definition) is 3. The molecule has 0 spiro atoms. The zero-order valence-electron chi connectivity index (χ0n) is 14.0. The van der Waals surface area contributed by atoms with Crippen LogP contribution in [-0.2, 0) is 13.1 Å². The molecule has 23 heavy (non-hydrogen) atoms. The highest BCUT2D eigenvalue weighted by Crippen LogP contribution is 2.22. The average Bonchev–Trinajstić information content (AvgIpc) is 3.03. The van der Waals surface area contributed by atoms with Crippen LogP contribution in [0.25, 0.3) is 0 Å². The van der Waals surface area contributed by atoms with Crippen LogP contribution < -0.4 is 0 Å². The van der Waals surface area contributed by atoms with Crippen LogP contribution in [-0.4, -0.2) is 45.5 Å². The van der Waals surface area contributed by atoms with Crippen molar-refractivity contribution in [2.75, 3.05) is 26.2 Å². The second-order valence-electron chi connectivity index (χ2n) is 6.17. The van der Waals surface area contributed by atoms with E-state index in [1.165, 1.54) is 5.56 Å². The number of aryl methyl sites for hydroxylation is 1. The van der Waals surface area contributed by atoms with E-state index >= 15 is 0 Å². The third kappa shape index (κ3) is 3.79. The molecule has 0 radical (unpaired) electrons. The van der Waals surface area contributed by atoms with E-state index < -0.39 is 0 Å². The number of aromatic nitrogens is 2. The lowest BCUT2D eigenvalue weighted by Gasteiger charge is -2.38. The Hall–Kier alpha value is -1.72. The van der Waals surface area contributed by atoms with Crippen LogP contribution in [0, 0.1) is 5.82 Å². The first-order valence-corrected chi connectivity index (χ1v) is 8.39. The summed E-state index contributed by atoms with van der Waals surface area (Å²) in [5.74, 6) is 0.977. The number of benzene rings is 1. The third-order valence-corrected chi connectivity index (χ3v) is 4.81. The van der Waals surface area contributed by atoms with Gasteiger partial charge >= 0.3 is 0 Å². The maximum Gasteiger partial charge on any atom is 0.123 e. The van der Waals surface area contributed by atoms with E-state index in [0.29, 0.717) is 6.04 Å². The first kappa shape index (κ1) is 16.1. The minimum atomic E-state index is -0.169. The number of nitrogens with zero attached hydrogens (tertiary/aromatic N) is 4. The average molecular weight is 316 g/mol. The molecular formula is C18H25FN4.